The van der Waals surface area contributed by atoms with Crippen molar-refractivity contribution in [2.24, 2.45) is 0 Å². The normalized spacial score (nSPS) is 9.14. The first-order chi connectivity index (χ1) is 18.9. The van der Waals surface area contributed by atoms with Crippen LogP contribution in [0, 0.1) is 19.6 Å². The van der Waals surface area contributed by atoms with Crippen LogP contribution in [0.2, 0.25) is 0 Å². The molecule has 0 heterocycles. The van der Waals surface area contributed by atoms with Crippen molar-refractivity contribution in [1.29, 1.82) is 0 Å². The van der Waals surface area contributed by atoms with Gasteiger partial charge in [0.15, 0.2) is 0 Å². The molecule has 0 aliphatic carbocycles. The first-order valence-electron chi connectivity index (χ1n) is 12.8. The number of hydrogen-bond donors (Lipinski definition) is 0. The molecule has 8 rings (SSSR count). The molecule has 0 nitrogen and oxygen atoms in total. The van der Waals surface area contributed by atoms with Crippen LogP contribution in [0.5, 0.6) is 0 Å². The van der Waals surface area contributed by atoms with Crippen molar-refractivity contribution < 1.29 is 26.2 Å². The number of rotatable bonds is 0. The van der Waals surface area contributed by atoms with Gasteiger partial charge in [-0.15, -0.1) is 104 Å². The summed E-state index contributed by atoms with van der Waals surface area (Å²) < 4.78 is 0. The van der Waals surface area contributed by atoms with Gasteiger partial charge in [0.25, 0.3) is 0 Å². The van der Waals surface area contributed by atoms with Crippen LogP contribution >= 0.6 is 24.8 Å². The topological polar surface area (TPSA) is 0 Å². The van der Waals surface area contributed by atoms with Gasteiger partial charge in [-0.05, 0) is 0 Å². The summed E-state index contributed by atoms with van der Waals surface area (Å²) in [5, 5.41) is 10.8. The van der Waals surface area contributed by atoms with E-state index in [1.165, 1.54) is 43.1 Å². The average Bonchev–Trinajstić information content (AvgIpc) is 3.59. The van der Waals surface area contributed by atoms with Crippen molar-refractivity contribution >= 4 is 67.9 Å². The Morgan fingerprint density at radius 3 is 0.762 bits per heavy atom. The van der Waals surface area contributed by atoms with Crippen LogP contribution in [0.3, 0.4) is 0 Å². The second kappa shape index (κ2) is 19.6. The summed E-state index contributed by atoms with van der Waals surface area (Å²) in [5.41, 5.74) is 0. The smallest absolute Gasteiger partial charge is 0 e. The molecule has 0 amide bonds. The van der Waals surface area contributed by atoms with Crippen molar-refractivity contribution in [3.63, 3.8) is 0 Å². The molecule has 0 aliphatic rings. The molecule has 0 aliphatic heterocycles. The van der Waals surface area contributed by atoms with E-state index < -0.39 is 0 Å². The molecular formula is C39H33Cl2Zr-5. The van der Waals surface area contributed by atoms with Gasteiger partial charge in [-0.2, -0.15) is 72.8 Å². The summed E-state index contributed by atoms with van der Waals surface area (Å²) in [7, 11) is 0. The molecule has 8 aromatic rings. The van der Waals surface area contributed by atoms with Gasteiger partial charge in [0.1, 0.15) is 0 Å². The minimum absolute atomic E-state index is 0. The summed E-state index contributed by atoms with van der Waals surface area (Å²) in [5.74, 6) is 0. The molecule has 3 heteroatoms. The Bertz CT molecular complexity index is 1530. The summed E-state index contributed by atoms with van der Waals surface area (Å²) in [6.07, 6.45) is 0. The Hall–Kier alpha value is -3.48. The minimum atomic E-state index is 0. The Morgan fingerprint density at radius 2 is 0.571 bits per heavy atom. The summed E-state index contributed by atoms with van der Waals surface area (Å²) in [4.78, 5) is 0. The summed E-state index contributed by atoms with van der Waals surface area (Å²) in [6, 6.07) is 63.5. The van der Waals surface area contributed by atoms with Gasteiger partial charge >= 0.3 is 0 Å². The molecular weight excluding hydrogens is 631 g/mol. The first-order valence-corrected chi connectivity index (χ1v) is 12.8. The molecule has 0 unspecified atom stereocenters. The van der Waals surface area contributed by atoms with Crippen LogP contribution in [0.25, 0.3) is 43.1 Å². The third kappa shape index (κ3) is 9.82. The maximum absolute atomic E-state index is 2.89. The van der Waals surface area contributed by atoms with E-state index in [0.717, 1.165) is 0 Å². The number of benzene rings is 6. The SMILES string of the molecule is Cl.Cl.[CH3-].[Zr].[c-]1ccccc1.[c-]1ccccc1.c1ccc2c(c1)[cH-]c1ccccc12.c1ccc2c(c1)[cH-]c1ccccc12. The van der Waals surface area contributed by atoms with Gasteiger partial charge in [0.05, 0.1) is 0 Å². The van der Waals surface area contributed by atoms with E-state index in [0.29, 0.717) is 0 Å². The second-order valence-corrected chi connectivity index (χ2v) is 8.79. The number of fused-ring (bicyclic) bond motifs is 6. The van der Waals surface area contributed by atoms with Crippen molar-refractivity contribution in [2.45, 2.75) is 0 Å². The molecule has 0 radical (unpaired) electrons. The van der Waals surface area contributed by atoms with Crippen LogP contribution in [0.4, 0.5) is 0 Å². The molecule has 42 heavy (non-hydrogen) atoms. The Kier molecular flexibility index (Phi) is 17.1. The summed E-state index contributed by atoms with van der Waals surface area (Å²) in [6.45, 7) is 0. The molecule has 212 valence electrons. The molecule has 0 atom stereocenters. The van der Waals surface area contributed by atoms with Crippen molar-refractivity contribution in [2.75, 3.05) is 0 Å². The predicted molar refractivity (Wildman–Crippen MR) is 186 cm³/mol. The van der Waals surface area contributed by atoms with E-state index in [2.05, 4.69) is 121 Å². The zero-order valence-electron chi connectivity index (χ0n) is 23.5. The third-order valence-corrected chi connectivity index (χ3v) is 6.26. The molecule has 0 saturated heterocycles. The quantitative estimate of drug-likeness (QED) is 0.142. The summed E-state index contributed by atoms with van der Waals surface area (Å²) >= 11 is 0. The van der Waals surface area contributed by atoms with Crippen molar-refractivity contribution in [3.8, 4) is 0 Å². The van der Waals surface area contributed by atoms with E-state index in [9.17, 15) is 0 Å². The van der Waals surface area contributed by atoms with Gasteiger partial charge in [-0.25, -0.2) is 0 Å². The predicted octanol–water partition coefficient (Wildman–Crippen LogP) is 11.7. The molecule has 0 aromatic heterocycles. The van der Waals surface area contributed by atoms with Crippen LogP contribution in [-0.2, 0) is 26.2 Å². The van der Waals surface area contributed by atoms with Crippen molar-refractivity contribution in [3.05, 3.63) is 189 Å². The Morgan fingerprint density at radius 1 is 0.333 bits per heavy atom. The van der Waals surface area contributed by atoms with Crippen LogP contribution in [0.1, 0.15) is 0 Å². The van der Waals surface area contributed by atoms with E-state index in [1.807, 2.05) is 60.7 Å². The zero-order valence-corrected chi connectivity index (χ0v) is 27.6. The van der Waals surface area contributed by atoms with Gasteiger partial charge in [-0.1, -0.05) is 72.8 Å². The largest absolute Gasteiger partial charge is 0.358 e. The van der Waals surface area contributed by atoms with E-state index in [-0.39, 0.29) is 58.4 Å². The van der Waals surface area contributed by atoms with Gasteiger partial charge in [-0.3, -0.25) is 0 Å². The van der Waals surface area contributed by atoms with Crippen LogP contribution in [-0.4, -0.2) is 0 Å². The molecule has 0 saturated carbocycles. The van der Waals surface area contributed by atoms with Crippen molar-refractivity contribution in [1.82, 2.24) is 0 Å². The third-order valence-electron chi connectivity index (χ3n) is 6.26. The minimum Gasteiger partial charge on any atom is -0.358 e. The van der Waals surface area contributed by atoms with E-state index in [4.69, 9.17) is 0 Å². The monoisotopic (exact) mass is 661 g/mol. The van der Waals surface area contributed by atoms with Crippen LogP contribution < -0.4 is 0 Å². The second-order valence-electron chi connectivity index (χ2n) is 8.79. The standard InChI is InChI=1S/2C13H9.2C6H5.CH3.2ClH.Zr/c2*1-3-7-12-10(5-1)9-11-6-2-4-8-13(11)12;2*1-2-4-6-5-3-1;;;;/h2*1-9H;2*1-5H;1H3;2*1H;/q5*-1;;;. The molecule has 0 fully saturated rings. The average molecular weight is 664 g/mol. The van der Waals surface area contributed by atoms with Gasteiger partial charge in [0.2, 0.25) is 0 Å². The maximum Gasteiger partial charge on any atom is 0 e. The molecule has 0 spiro atoms. The van der Waals surface area contributed by atoms with E-state index in [1.54, 1.807) is 0 Å². The number of halogens is 2. The first kappa shape index (κ1) is 36.5. The maximum atomic E-state index is 2.89. The fourth-order valence-corrected chi connectivity index (χ4v) is 4.49. The van der Waals surface area contributed by atoms with Crippen LogP contribution in [0.15, 0.2) is 170 Å². The van der Waals surface area contributed by atoms with Gasteiger partial charge < -0.3 is 7.43 Å². The molecule has 0 N–H and O–H groups in total. The van der Waals surface area contributed by atoms with Gasteiger partial charge in [0, 0.05) is 26.2 Å². The fraction of sp³-hybridized carbons (Fsp3) is 0. The fourth-order valence-electron chi connectivity index (χ4n) is 4.49. The molecule has 8 aromatic carbocycles. The van der Waals surface area contributed by atoms with E-state index >= 15 is 0 Å². The Labute approximate surface area is 281 Å². The Balaban J connectivity index is 0.000000287. The molecule has 0 bridgehead atoms. The number of hydrogen-bond acceptors (Lipinski definition) is 0. The zero-order chi connectivity index (χ0) is 25.8.